The Morgan fingerprint density at radius 1 is 1.26 bits per heavy atom. The number of halogens is 1. The monoisotopic (exact) mass is 535 g/mol. The van der Waals surface area contributed by atoms with Crippen molar-refractivity contribution in [2.75, 3.05) is 25.0 Å². The highest BCUT2D eigenvalue weighted by molar-refractivity contribution is 7.09. The maximum atomic E-state index is 13.8. The van der Waals surface area contributed by atoms with Crippen molar-refractivity contribution in [3.63, 3.8) is 0 Å². The molecule has 2 aliphatic rings. The number of nitrogens with one attached hydrogen (secondary N) is 4. The Morgan fingerprint density at radius 2 is 2.11 bits per heavy atom. The molecule has 3 aromatic rings. The Morgan fingerprint density at radius 3 is 2.89 bits per heavy atom. The van der Waals surface area contributed by atoms with E-state index in [1.54, 1.807) is 29.2 Å². The van der Waals surface area contributed by atoms with Crippen molar-refractivity contribution in [2.24, 2.45) is 0 Å². The minimum absolute atomic E-state index is 0.0786. The summed E-state index contributed by atoms with van der Waals surface area (Å²) in [7, 11) is 0. The average Bonchev–Trinajstić information content (AvgIpc) is 3.66. The van der Waals surface area contributed by atoms with Gasteiger partial charge in [-0.15, -0.1) is 11.3 Å². The van der Waals surface area contributed by atoms with Crippen LogP contribution in [0, 0.1) is 19.7 Å². The van der Waals surface area contributed by atoms with Gasteiger partial charge >= 0.3 is 0 Å². The number of amides is 3. The standard InChI is InChI=1S/C28H30FN5O3S/c1-16-24(13-22-21-12-18(29)5-6-23(21)33-27(22)36)31-17(2)26(16)28(37)32-19-8-10-34(15-19)25(35)7-9-30-14-20-4-3-11-38-20/h3-6,11-13,19,30-31H,7-10,14-15H2,1-2H3,(H,32,37)(H,33,36)/b22-13-/t19-/m0/s1. The van der Waals surface area contributed by atoms with Crippen molar-refractivity contribution in [3.8, 4) is 0 Å². The highest BCUT2D eigenvalue weighted by atomic mass is 32.1. The number of anilines is 1. The zero-order valence-electron chi connectivity index (χ0n) is 21.3. The van der Waals surface area contributed by atoms with Crippen LogP contribution >= 0.6 is 11.3 Å². The Kier molecular flexibility index (Phi) is 7.44. The molecule has 38 heavy (non-hydrogen) atoms. The maximum Gasteiger partial charge on any atom is 0.256 e. The van der Waals surface area contributed by atoms with E-state index in [1.807, 2.05) is 18.4 Å². The lowest BCUT2D eigenvalue weighted by Crippen LogP contribution is -2.39. The maximum absolute atomic E-state index is 13.8. The van der Waals surface area contributed by atoms with Crippen molar-refractivity contribution in [2.45, 2.75) is 39.3 Å². The number of aryl methyl sites for hydroxylation is 1. The SMILES string of the molecule is Cc1[nH]c(/C=C2\C(=O)Nc3ccc(F)cc32)c(C)c1C(=O)N[C@H]1CCN(C(=O)CCNCc2cccs2)C1. The third kappa shape index (κ3) is 5.41. The van der Waals surface area contributed by atoms with Gasteiger partial charge in [0.05, 0.1) is 11.1 Å². The van der Waals surface area contributed by atoms with E-state index < -0.39 is 5.82 Å². The van der Waals surface area contributed by atoms with E-state index in [1.165, 1.54) is 23.1 Å². The summed E-state index contributed by atoms with van der Waals surface area (Å²) in [5.74, 6) is -0.889. The van der Waals surface area contributed by atoms with Crippen LogP contribution in [0.1, 0.15) is 50.6 Å². The second-order valence-corrected chi connectivity index (χ2v) is 10.7. The predicted octanol–water partition coefficient (Wildman–Crippen LogP) is 3.84. The molecule has 0 unspecified atom stereocenters. The van der Waals surface area contributed by atoms with Crippen LogP contribution in [0.4, 0.5) is 10.1 Å². The van der Waals surface area contributed by atoms with Crippen molar-refractivity contribution < 1.29 is 18.8 Å². The lowest BCUT2D eigenvalue weighted by molar-refractivity contribution is -0.130. The van der Waals surface area contributed by atoms with Crippen molar-refractivity contribution in [3.05, 3.63) is 74.5 Å². The zero-order chi connectivity index (χ0) is 26.8. The van der Waals surface area contributed by atoms with Crippen LogP contribution < -0.4 is 16.0 Å². The summed E-state index contributed by atoms with van der Waals surface area (Å²) in [5.41, 5.74) is 3.89. The molecule has 1 fully saturated rings. The number of nitrogens with zero attached hydrogens (tertiary/aromatic N) is 1. The van der Waals surface area contributed by atoms with Gasteiger partial charge in [0.2, 0.25) is 5.91 Å². The van der Waals surface area contributed by atoms with Gasteiger partial charge < -0.3 is 25.8 Å². The van der Waals surface area contributed by atoms with Gasteiger partial charge in [-0.1, -0.05) is 6.07 Å². The van der Waals surface area contributed by atoms with Gasteiger partial charge in [0.1, 0.15) is 5.82 Å². The molecule has 0 aliphatic carbocycles. The number of aromatic nitrogens is 1. The number of rotatable bonds is 8. The van der Waals surface area contributed by atoms with Gasteiger partial charge in [0.15, 0.2) is 0 Å². The minimum Gasteiger partial charge on any atom is -0.358 e. The molecule has 5 rings (SSSR count). The van der Waals surface area contributed by atoms with Crippen LogP contribution in [0.2, 0.25) is 0 Å². The molecule has 4 heterocycles. The summed E-state index contributed by atoms with van der Waals surface area (Å²) in [6.07, 6.45) is 2.77. The summed E-state index contributed by atoms with van der Waals surface area (Å²) in [4.78, 5) is 44.6. The van der Waals surface area contributed by atoms with Gasteiger partial charge in [0.25, 0.3) is 11.8 Å². The Balaban J connectivity index is 1.19. The van der Waals surface area contributed by atoms with Gasteiger partial charge in [-0.25, -0.2) is 4.39 Å². The van der Waals surface area contributed by atoms with E-state index in [0.717, 1.165) is 6.54 Å². The third-order valence-electron chi connectivity index (χ3n) is 7.03. The number of likely N-dealkylation sites (tertiary alicyclic amines) is 1. The van der Waals surface area contributed by atoms with Gasteiger partial charge in [-0.2, -0.15) is 0 Å². The van der Waals surface area contributed by atoms with E-state index in [9.17, 15) is 18.8 Å². The minimum atomic E-state index is -0.427. The predicted molar refractivity (Wildman–Crippen MR) is 146 cm³/mol. The van der Waals surface area contributed by atoms with Gasteiger partial charge in [-0.05, 0) is 61.6 Å². The molecule has 0 saturated carbocycles. The number of carbonyl (C=O) groups excluding carboxylic acids is 3. The summed E-state index contributed by atoms with van der Waals surface area (Å²) in [5, 5.41) is 11.1. The van der Waals surface area contributed by atoms with Crippen molar-refractivity contribution in [1.82, 2.24) is 20.5 Å². The van der Waals surface area contributed by atoms with Gasteiger partial charge in [0, 0.05) is 66.2 Å². The number of aromatic amines is 1. The van der Waals surface area contributed by atoms with Crippen LogP contribution in [0.5, 0.6) is 0 Å². The molecule has 1 atom stereocenters. The molecule has 0 bridgehead atoms. The summed E-state index contributed by atoms with van der Waals surface area (Å²) in [6.45, 7) is 6.09. The molecule has 198 valence electrons. The number of carbonyl (C=O) groups is 3. The number of fused-ring (bicyclic) bond motifs is 1. The second kappa shape index (κ2) is 10.9. The molecule has 0 spiro atoms. The lowest BCUT2D eigenvalue weighted by atomic mass is 10.0. The Bertz CT molecular complexity index is 1410. The fraction of sp³-hybridized carbons (Fsp3) is 0.321. The van der Waals surface area contributed by atoms with E-state index in [2.05, 4.69) is 27.0 Å². The van der Waals surface area contributed by atoms with Crippen LogP contribution in [-0.2, 0) is 16.1 Å². The van der Waals surface area contributed by atoms with Crippen LogP contribution in [0.15, 0.2) is 35.7 Å². The summed E-state index contributed by atoms with van der Waals surface area (Å²) in [6, 6.07) is 8.10. The number of hydrogen-bond donors (Lipinski definition) is 4. The molecule has 2 aromatic heterocycles. The second-order valence-electron chi connectivity index (χ2n) is 9.67. The summed E-state index contributed by atoms with van der Waals surface area (Å²) >= 11 is 1.69. The van der Waals surface area contributed by atoms with E-state index in [4.69, 9.17) is 0 Å². The number of H-pyrrole nitrogens is 1. The smallest absolute Gasteiger partial charge is 0.256 e. The molecule has 3 amide bonds. The third-order valence-corrected chi connectivity index (χ3v) is 7.90. The largest absolute Gasteiger partial charge is 0.358 e. The zero-order valence-corrected chi connectivity index (χ0v) is 22.1. The first-order valence-electron chi connectivity index (χ1n) is 12.6. The van der Waals surface area contributed by atoms with E-state index >= 15 is 0 Å². The first kappa shape index (κ1) is 25.9. The van der Waals surface area contributed by atoms with Crippen LogP contribution in [0.3, 0.4) is 0 Å². The number of thiophene rings is 1. The fourth-order valence-corrected chi connectivity index (χ4v) is 5.72. The molecule has 2 aliphatic heterocycles. The molecular formula is C28H30FN5O3S. The van der Waals surface area contributed by atoms with Crippen LogP contribution in [0.25, 0.3) is 11.6 Å². The molecule has 10 heteroatoms. The number of hydrogen-bond acceptors (Lipinski definition) is 5. The summed E-state index contributed by atoms with van der Waals surface area (Å²) < 4.78 is 13.8. The molecule has 1 saturated heterocycles. The van der Waals surface area contributed by atoms with Crippen molar-refractivity contribution >= 4 is 46.4 Å². The fourth-order valence-electron chi connectivity index (χ4n) is 5.05. The Hall–Kier alpha value is -3.76. The highest BCUT2D eigenvalue weighted by Gasteiger charge is 2.29. The average molecular weight is 536 g/mol. The van der Waals surface area contributed by atoms with Crippen LogP contribution in [-0.4, -0.2) is 53.3 Å². The normalized spacial score (nSPS) is 17.7. The van der Waals surface area contributed by atoms with Crippen molar-refractivity contribution in [1.29, 1.82) is 0 Å². The molecular weight excluding hydrogens is 505 g/mol. The Labute approximate surface area is 224 Å². The quantitative estimate of drug-likeness (QED) is 0.260. The molecule has 4 N–H and O–H groups in total. The van der Waals surface area contributed by atoms with E-state index in [0.29, 0.717) is 71.8 Å². The topological polar surface area (TPSA) is 106 Å². The van der Waals surface area contributed by atoms with E-state index in [-0.39, 0.29) is 23.8 Å². The number of benzene rings is 1. The first-order valence-corrected chi connectivity index (χ1v) is 13.5. The highest BCUT2D eigenvalue weighted by Crippen LogP contribution is 2.34. The molecule has 8 nitrogen and oxygen atoms in total. The lowest BCUT2D eigenvalue weighted by Gasteiger charge is -2.17. The first-order chi connectivity index (χ1) is 18.3. The molecule has 1 aromatic carbocycles. The molecule has 0 radical (unpaired) electrons. The van der Waals surface area contributed by atoms with Gasteiger partial charge in [-0.3, -0.25) is 14.4 Å².